The summed E-state index contributed by atoms with van der Waals surface area (Å²) in [5.74, 6) is 2.11. The second-order valence-corrected chi connectivity index (χ2v) is 6.78. The highest BCUT2D eigenvalue weighted by Crippen LogP contribution is 2.49. The standard InChI is InChI=1S/C24H30O7/c1-16-19(22(28-3)24(30-5)23(29-4)21(16)27-2)8-6-7-15-31-18-12-9-17(10-13-18)11-14-20(25)26/h9-14H,6-8,15H2,1-5H3,(H,25,26). The van der Waals surface area contributed by atoms with Gasteiger partial charge in [0.2, 0.25) is 11.5 Å². The van der Waals surface area contributed by atoms with Crippen LogP contribution >= 0.6 is 0 Å². The molecule has 31 heavy (non-hydrogen) atoms. The topological polar surface area (TPSA) is 83.5 Å². The summed E-state index contributed by atoms with van der Waals surface area (Å²) in [6.45, 7) is 2.55. The van der Waals surface area contributed by atoms with Gasteiger partial charge in [0, 0.05) is 17.2 Å². The molecule has 2 rings (SSSR count). The lowest BCUT2D eigenvalue weighted by Crippen LogP contribution is -2.05. The Balaban J connectivity index is 1.99. The Bertz CT molecular complexity index is 901. The maximum atomic E-state index is 10.6. The molecule has 7 heteroatoms. The first-order valence-electron chi connectivity index (χ1n) is 9.96. The highest BCUT2D eigenvalue weighted by Gasteiger charge is 2.24. The maximum Gasteiger partial charge on any atom is 0.328 e. The molecule has 0 unspecified atom stereocenters. The van der Waals surface area contributed by atoms with Gasteiger partial charge in [-0.25, -0.2) is 4.79 Å². The van der Waals surface area contributed by atoms with E-state index >= 15 is 0 Å². The van der Waals surface area contributed by atoms with Crippen LogP contribution in [0.25, 0.3) is 6.08 Å². The molecule has 0 bridgehead atoms. The van der Waals surface area contributed by atoms with Crippen molar-refractivity contribution in [3.8, 4) is 28.7 Å². The highest BCUT2D eigenvalue weighted by molar-refractivity contribution is 5.85. The van der Waals surface area contributed by atoms with Crippen LogP contribution in [-0.4, -0.2) is 46.1 Å². The van der Waals surface area contributed by atoms with E-state index in [1.165, 1.54) is 0 Å². The average Bonchev–Trinajstić information content (AvgIpc) is 2.78. The van der Waals surface area contributed by atoms with Crippen LogP contribution in [0.2, 0.25) is 0 Å². The minimum absolute atomic E-state index is 0.521. The number of hydrogen-bond donors (Lipinski definition) is 1. The van der Waals surface area contributed by atoms with Gasteiger partial charge in [-0.15, -0.1) is 0 Å². The number of carboxylic acid groups (broad SMARTS) is 1. The molecule has 0 fully saturated rings. The zero-order chi connectivity index (χ0) is 22.8. The minimum Gasteiger partial charge on any atom is -0.494 e. The molecule has 168 valence electrons. The second-order valence-electron chi connectivity index (χ2n) is 6.78. The average molecular weight is 430 g/mol. The summed E-state index contributed by atoms with van der Waals surface area (Å²) in [5, 5.41) is 8.67. The first kappa shape index (κ1) is 23.9. The van der Waals surface area contributed by atoms with Gasteiger partial charge in [0.25, 0.3) is 0 Å². The summed E-state index contributed by atoms with van der Waals surface area (Å²) in [6.07, 6.45) is 5.15. The molecule has 0 atom stereocenters. The Morgan fingerprint density at radius 2 is 1.45 bits per heavy atom. The van der Waals surface area contributed by atoms with Gasteiger partial charge in [-0.05, 0) is 50.0 Å². The fraction of sp³-hybridized carbons (Fsp3) is 0.375. The summed E-state index contributed by atoms with van der Waals surface area (Å²) in [5.41, 5.74) is 2.79. The lowest BCUT2D eigenvalue weighted by molar-refractivity contribution is -0.131. The third kappa shape index (κ3) is 6.07. The molecule has 2 aromatic carbocycles. The molecule has 2 aromatic rings. The third-order valence-electron chi connectivity index (χ3n) is 4.89. The van der Waals surface area contributed by atoms with Gasteiger partial charge in [-0.3, -0.25) is 0 Å². The fourth-order valence-corrected chi connectivity index (χ4v) is 3.39. The van der Waals surface area contributed by atoms with Crippen LogP contribution in [0, 0.1) is 6.92 Å². The van der Waals surface area contributed by atoms with E-state index in [1.54, 1.807) is 34.5 Å². The van der Waals surface area contributed by atoms with E-state index in [1.807, 2.05) is 31.2 Å². The van der Waals surface area contributed by atoms with Gasteiger partial charge in [0.1, 0.15) is 5.75 Å². The van der Waals surface area contributed by atoms with Crippen LogP contribution in [0.4, 0.5) is 0 Å². The molecule has 0 aromatic heterocycles. The zero-order valence-electron chi connectivity index (χ0n) is 18.7. The highest BCUT2D eigenvalue weighted by atomic mass is 16.5. The van der Waals surface area contributed by atoms with E-state index in [4.69, 9.17) is 28.8 Å². The minimum atomic E-state index is -0.973. The number of carbonyl (C=O) groups is 1. The van der Waals surface area contributed by atoms with Crippen molar-refractivity contribution in [2.45, 2.75) is 26.2 Å². The van der Waals surface area contributed by atoms with Crippen molar-refractivity contribution in [3.63, 3.8) is 0 Å². The Hall–Kier alpha value is -3.35. The van der Waals surface area contributed by atoms with Gasteiger partial charge in [0.15, 0.2) is 11.5 Å². The zero-order valence-corrected chi connectivity index (χ0v) is 18.7. The molecular formula is C24H30O7. The van der Waals surface area contributed by atoms with E-state index in [0.717, 1.165) is 47.8 Å². The maximum absolute atomic E-state index is 10.6. The normalized spacial score (nSPS) is 10.7. The van der Waals surface area contributed by atoms with Gasteiger partial charge >= 0.3 is 5.97 Å². The van der Waals surface area contributed by atoms with E-state index < -0.39 is 5.97 Å². The monoisotopic (exact) mass is 430 g/mol. The van der Waals surface area contributed by atoms with Crippen molar-refractivity contribution in [1.29, 1.82) is 0 Å². The molecular weight excluding hydrogens is 400 g/mol. The van der Waals surface area contributed by atoms with Crippen molar-refractivity contribution in [2.24, 2.45) is 0 Å². The number of ether oxygens (including phenoxy) is 5. The molecule has 0 amide bonds. The van der Waals surface area contributed by atoms with Crippen molar-refractivity contribution in [2.75, 3.05) is 35.0 Å². The van der Waals surface area contributed by atoms with Gasteiger partial charge in [-0.2, -0.15) is 0 Å². The smallest absolute Gasteiger partial charge is 0.328 e. The number of unbranched alkanes of at least 4 members (excludes halogenated alkanes) is 1. The molecule has 0 radical (unpaired) electrons. The number of benzene rings is 2. The van der Waals surface area contributed by atoms with Crippen LogP contribution in [0.3, 0.4) is 0 Å². The molecule has 0 spiro atoms. The van der Waals surface area contributed by atoms with E-state index in [9.17, 15) is 4.79 Å². The largest absolute Gasteiger partial charge is 0.494 e. The molecule has 0 aliphatic carbocycles. The lowest BCUT2D eigenvalue weighted by Gasteiger charge is -2.21. The Morgan fingerprint density at radius 1 is 0.871 bits per heavy atom. The van der Waals surface area contributed by atoms with E-state index in [-0.39, 0.29) is 0 Å². The Morgan fingerprint density at radius 3 is 2.00 bits per heavy atom. The van der Waals surface area contributed by atoms with Crippen molar-refractivity contribution in [3.05, 3.63) is 47.0 Å². The lowest BCUT2D eigenvalue weighted by atomic mass is 9.99. The first-order chi connectivity index (χ1) is 15.0. The molecule has 0 saturated carbocycles. The number of aliphatic carboxylic acids is 1. The Kier molecular flexibility index (Phi) is 9.06. The fourth-order valence-electron chi connectivity index (χ4n) is 3.39. The Labute approximate surface area is 183 Å². The van der Waals surface area contributed by atoms with Crippen molar-refractivity contribution in [1.82, 2.24) is 0 Å². The predicted molar refractivity (Wildman–Crippen MR) is 119 cm³/mol. The summed E-state index contributed by atoms with van der Waals surface area (Å²) >= 11 is 0. The number of rotatable bonds is 12. The summed E-state index contributed by atoms with van der Waals surface area (Å²) in [7, 11) is 6.38. The van der Waals surface area contributed by atoms with E-state index in [2.05, 4.69) is 0 Å². The summed E-state index contributed by atoms with van der Waals surface area (Å²) < 4.78 is 28.0. The summed E-state index contributed by atoms with van der Waals surface area (Å²) in [4.78, 5) is 10.6. The van der Waals surface area contributed by atoms with Crippen LogP contribution in [0.15, 0.2) is 30.3 Å². The number of hydrogen-bond acceptors (Lipinski definition) is 6. The molecule has 0 aliphatic heterocycles. The second kappa shape index (κ2) is 11.7. The van der Waals surface area contributed by atoms with Gasteiger partial charge < -0.3 is 28.8 Å². The number of carboxylic acids is 1. The first-order valence-corrected chi connectivity index (χ1v) is 9.96. The van der Waals surface area contributed by atoms with Crippen LogP contribution < -0.4 is 23.7 Å². The van der Waals surface area contributed by atoms with E-state index in [0.29, 0.717) is 29.6 Å². The quantitative estimate of drug-likeness (QED) is 0.391. The predicted octanol–water partition coefficient (Wildman–Crippen LogP) is 4.53. The summed E-state index contributed by atoms with van der Waals surface area (Å²) in [6, 6.07) is 7.29. The van der Waals surface area contributed by atoms with Crippen LogP contribution in [-0.2, 0) is 11.2 Å². The molecule has 0 aliphatic rings. The van der Waals surface area contributed by atoms with Gasteiger partial charge in [-0.1, -0.05) is 12.1 Å². The molecule has 7 nitrogen and oxygen atoms in total. The van der Waals surface area contributed by atoms with Crippen molar-refractivity contribution >= 4 is 12.0 Å². The third-order valence-corrected chi connectivity index (χ3v) is 4.89. The molecule has 0 heterocycles. The molecule has 1 N–H and O–H groups in total. The van der Waals surface area contributed by atoms with Crippen molar-refractivity contribution < 1.29 is 33.6 Å². The van der Waals surface area contributed by atoms with Crippen LogP contribution in [0.1, 0.15) is 29.5 Å². The van der Waals surface area contributed by atoms with Crippen LogP contribution in [0.5, 0.6) is 28.7 Å². The molecule has 0 saturated heterocycles. The van der Waals surface area contributed by atoms with Gasteiger partial charge in [0.05, 0.1) is 35.0 Å². The number of methoxy groups -OCH3 is 4. The SMILES string of the molecule is COc1c(C)c(CCCCOc2ccc(C=CC(=O)O)cc2)c(OC)c(OC)c1OC.